The van der Waals surface area contributed by atoms with E-state index in [4.69, 9.17) is 16.3 Å². The van der Waals surface area contributed by atoms with Crippen LogP contribution in [0.15, 0.2) is 83.4 Å². The van der Waals surface area contributed by atoms with E-state index in [9.17, 15) is 0 Å². The molecule has 3 aromatic rings. The average Bonchev–Trinajstić information content (AvgIpc) is 2.75. The first-order valence-electron chi connectivity index (χ1n) is 9.85. The smallest absolute Gasteiger partial charge is 0.133 e. The van der Waals surface area contributed by atoms with Gasteiger partial charge in [0.1, 0.15) is 5.75 Å². The van der Waals surface area contributed by atoms with Crippen LogP contribution in [-0.2, 0) is 19.6 Å². The van der Waals surface area contributed by atoms with E-state index < -0.39 is 0 Å². The second kappa shape index (κ2) is 11.5. The quantitative estimate of drug-likeness (QED) is 0.337. The van der Waals surface area contributed by atoms with Crippen molar-refractivity contribution in [2.45, 2.75) is 19.6 Å². The number of nitrogens with zero attached hydrogens (tertiary/aromatic N) is 4. The Hall–Kier alpha value is -2.94. The first-order valence-corrected chi connectivity index (χ1v) is 10.6. The maximum Gasteiger partial charge on any atom is 0.133 e. The number of hydrazine groups is 1. The van der Waals surface area contributed by atoms with Gasteiger partial charge in [-0.2, -0.15) is 0 Å². The van der Waals surface area contributed by atoms with E-state index >= 15 is 0 Å². The van der Waals surface area contributed by atoms with Gasteiger partial charge in [0.15, 0.2) is 0 Å². The van der Waals surface area contributed by atoms with Gasteiger partial charge in [0.25, 0.3) is 0 Å². The molecule has 2 heterocycles. The van der Waals surface area contributed by atoms with Crippen molar-refractivity contribution in [2.24, 2.45) is 11.6 Å². The Balaban J connectivity index is 1.66. The Morgan fingerprint density at radius 3 is 2.16 bits per heavy atom. The van der Waals surface area contributed by atoms with Gasteiger partial charge in [-0.05, 0) is 57.9 Å². The first-order chi connectivity index (χ1) is 15.0. The SMILES string of the molecule is COc1ccc(CN(N)/C=C(\N)CN(Cc2ccccn2)Cc2ccccn2)cc1Br. The summed E-state index contributed by atoms with van der Waals surface area (Å²) in [5, 5.41) is 1.59. The molecule has 162 valence electrons. The number of benzene rings is 1. The average molecular weight is 483 g/mol. The lowest BCUT2D eigenvalue weighted by atomic mass is 10.2. The molecule has 0 amide bonds. The number of pyridine rings is 2. The molecule has 0 unspecified atom stereocenters. The molecular weight excluding hydrogens is 456 g/mol. The van der Waals surface area contributed by atoms with Crippen LogP contribution < -0.4 is 16.3 Å². The molecule has 2 aromatic heterocycles. The van der Waals surface area contributed by atoms with Crippen molar-refractivity contribution in [3.63, 3.8) is 0 Å². The maximum absolute atomic E-state index is 6.34. The van der Waals surface area contributed by atoms with E-state index in [1.54, 1.807) is 30.7 Å². The van der Waals surface area contributed by atoms with Gasteiger partial charge in [-0.25, -0.2) is 5.84 Å². The molecule has 0 bridgehead atoms. The van der Waals surface area contributed by atoms with Crippen molar-refractivity contribution in [2.75, 3.05) is 13.7 Å². The highest BCUT2D eigenvalue weighted by Gasteiger charge is 2.11. The van der Waals surface area contributed by atoms with Crippen molar-refractivity contribution in [3.05, 3.63) is 100 Å². The predicted octanol–water partition coefficient (Wildman–Crippen LogP) is 3.43. The molecule has 0 aliphatic rings. The molecule has 7 nitrogen and oxygen atoms in total. The zero-order valence-corrected chi connectivity index (χ0v) is 19.1. The number of ether oxygens (including phenoxy) is 1. The van der Waals surface area contributed by atoms with Gasteiger partial charge in [-0.1, -0.05) is 18.2 Å². The van der Waals surface area contributed by atoms with Crippen molar-refractivity contribution in [1.29, 1.82) is 0 Å². The van der Waals surface area contributed by atoms with Crippen LogP contribution in [0.4, 0.5) is 0 Å². The Morgan fingerprint density at radius 2 is 1.65 bits per heavy atom. The van der Waals surface area contributed by atoms with Crippen LogP contribution in [0.25, 0.3) is 0 Å². The summed E-state index contributed by atoms with van der Waals surface area (Å²) in [6.07, 6.45) is 5.35. The summed E-state index contributed by atoms with van der Waals surface area (Å²) in [6.45, 7) is 2.36. The fourth-order valence-corrected chi connectivity index (χ4v) is 3.77. The molecule has 0 spiro atoms. The minimum Gasteiger partial charge on any atom is -0.496 e. The van der Waals surface area contributed by atoms with E-state index in [2.05, 4.69) is 30.8 Å². The van der Waals surface area contributed by atoms with Gasteiger partial charge in [0.2, 0.25) is 0 Å². The van der Waals surface area contributed by atoms with Crippen LogP contribution in [0.1, 0.15) is 17.0 Å². The molecule has 0 fully saturated rings. The summed E-state index contributed by atoms with van der Waals surface area (Å²) in [7, 11) is 1.64. The number of hydrogen-bond donors (Lipinski definition) is 2. The molecule has 31 heavy (non-hydrogen) atoms. The van der Waals surface area contributed by atoms with Gasteiger partial charge in [-0.15, -0.1) is 0 Å². The molecule has 0 atom stereocenters. The van der Waals surface area contributed by atoms with Crippen molar-refractivity contribution < 1.29 is 4.74 Å². The van der Waals surface area contributed by atoms with Crippen LogP contribution in [0.5, 0.6) is 5.75 Å². The minimum absolute atomic E-state index is 0.518. The van der Waals surface area contributed by atoms with Crippen molar-refractivity contribution in [3.8, 4) is 5.75 Å². The zero-order valence-electron chi connectivity index (χ0n) is 17.5. The molecule has 0 radical (unpaired) electrons. The molecule has 0 aliphatic heterocycles. The number of aromatic nitrogens is 2. The topological polar surface area (TPSA) is 93.5 Å². The third-order valence-corrected chi connectivity index (χ3v) is 5.16. The number of methoxy groups -OCH3 is 1. The summed E-state index contributed by atoms with van der Waals surface area (Å²) in [6, 6.07) is 17.6. The Bertz CT molecular complexity index is 942. The predicted molar refractivity (Wildman–Crippen MR) is 125 cm³/mol. The molecular formula is C23H27BrN6O. The Labute approximate surface area is 191 Å². The highest BCUT2D eigenvalue weighted by molar-refractivity contribution is 9.10. The highest BCUT2D eigenvalue weighted by Crippen LogP contribution is 2.25. The normalized spacial score (nSPS) is 11.5. The van der Waals surface area contributed by atoms with Crippen LogP contribution in [0, 0.1) is 0 Å². The molecule has 0 aliphatic carbocycles. The third-order valence-electron chi connectivity index (χ3n) is 4.54. The lowest BCUT2D eigenvalue weighted by molar-refractivity contribution is 0.268. The Kier molecular flexibility index (Phi) is 8.40. The van der Waals surface area contributed by atoms with Gasteiger partial charge >= 0.3 is 0 Å². The molecule has 4 N–H and O–H groups in total. The third kappa shape index (κ3) is 7.36. The van der Waals surface area contributed by atoms with Gasteiger partial charge in [0, 0.05) is 43.9 Å². The van der Waals surface area contributed by atoms with E-state index in [0.29, 0.717) is 31.9 Å². The van der Waals surface area contributed by atoms with Crippen molar-refractivity contribution >= 4 is 15.9 Å². The summed E-state index contributed by atoms with van der Waals surface area (Å²) < 4.78 is 6.16. The summed E-state index contributed by atoms with van der Waals surface area (Å²) >= 11 is 3.50. The number of nitrogens with two attached hydrogens (primary N) is 2. The second-order valence-corrected chi connectivity index (χ2v) is 7.99. The monoisotopic (exact) mass is 482 g/mol. The summed E-state index contributed by atoms with van der Waals surface area (Å²) in [5.74, 6) is 6.98. The standard InChI is InChI=1S/C23H27BrN6O/c1-31-23-9-8-18(12-22(23)24)13-30(26)15-19(25)14-29(16-20-6-2-4-10-27-20)17-21-7-3-5-11-28-21/h2-12,15H,13-14,16-17,25-26H2,1H3/b19-15-. The lowest BCUT2D eigenvalue weighted by Crippen LogP contribution is -2.31. The fourth-order valence-electron chi connectivity index (χ4n) is 3.19. The Morgan fingerprint density at radius 1 is 1.00 bits per heavy atom. The first kappa shape index (κ1) is 22.7. The van der Waals surface area contributed by atoms with Gasteiger partial charge in [-0.3, -0.25) is 14.9 Å². The van der Waals surface area contributed by atoms with E-state index in [-0.39, 0.29) is 0 Å². The van der Waals surface area contributed by atoms with Crippen LogP contribution >= 0.6 is 15.9 Å². The van der Waals surface area contributed by atoms with Gasteiger partial charge in [0.05, 0.1) is 29.5 Å². The van der Waals surface area contributed by atoms with E-state index in [0.717, 1.165) is 27.2 Å². The van der Waals surface area contributed by atoms with Crippen LogP contribution in [-0.4, -0.2) is 33.5 Å². The fraction of sp³-hybridized carbons (Fsp3) is 0.217. The van der Waals surface area contributed by atoms with Crippen LogP contribution in [0.3, 0.4) is 0 Å². The molecule has 0 saturated carbocycles. The number of rotatable bonds is 10. The molecule has 3 rings (SSSR count). The number of hydrogen-bond acceptors (Lipinski definition) is 7. The van der Waals surface area contributed by atoms with Crippen molar-refractivity contribution in [1.82, 2.24) is 19.9 Å². The van der Waals surface area contributed by atoms with E-state index in [1.807, 2.05) is 54.6 Å². The maximum atomic E-state index is 6.34. The molecule has 8 heteroatoms. The minimum atomic E-state index is 0.518. The van der Waals surface area contributed by atoms with E-state index in [1.165, 1.54) is 0 Å². The highest BCUT2D eigenvalue weighted by atomic mass is 79.9. The summed E-state index contributed by atoms with van der Waals surface area (Å²) in [5.41, 5.74) is 9.98. The molecule has 1 aromatic carbocycles. The summed E-state index contributed by atoms with van der Waals surface area (Å²) in [4.78, 5) is 11.1. The van der Waals surface area contributed by atoms with Crippen LogP contribution in [0.2, 0.25) is 0 Å². The zero-order chi connectivity index (χ0) is 22.1. The second-order valence-electron chi connectivity index (χ2n) is 7.13. The van der Waals surface area contributed by atoms with Gasteiger partial charge < -0.3 is 15.5 Å². The lowest BCUT2D eigenvalue weighted by Gasteiger charge is -2.23. The largest absolute Gasteiger partial charge is 0.496 e. The molecule has 0 saturated heterocycles. The number of halogens is 1.